The van der Waals surface area contributed by atoms with Crippen molar-refractivity contribution < 1.29 is 23.8 Å². The number of carbonyl (C=O) groups excluding carboxylic acids is 1. The number of rotatable bonds is 9. The molecule has 0 saturated carbocycles. The summed E-state index contributed by atoms with van der Waals surface area (Å²) in [6, 6.07) is 12.1. The summed E-state index contributed by atoms with van der Waals surface area (Å²) in [5.74, 6) is -1.04. The van der Waals surface area contributed by atoms with Gasteiger partial charge in [0.1, 0.15) is 11.3 Å². The molecular formula is C24H24ClNO6. The van der Waals surface area contributed by atoms with E-state index in [1.54, 1.807) is 36.4 Å². The molecule has 0 saturated heterocycles. The average Bonchev–Trinajstić information content (AvgIpc) is 2.76. The number of halogens is 1. The number of aliphatic carboxylic acids is 1. The van der Waals surface area contributed by atoms with E-state index in [0.29, 0.717) is 21.9 Å². The van der Waals surface area contributed by atoms with Gasteiger partial charge in [-0.2, -0.15) is 0 Å². The van der Waals surface area contributed by atoms with Crippen molar-refractivity contribution in [3.05, 3.63) is 74.6 Å². The van der Waals surface area contributed by atoms with Crippen molar-refractivity contribution in [3.8, 4) is 5.75 Å². The van der Waals surface area contributed by atoms with Gasteiger partial charge in [-0.05, 0) is 48.7 Å². The molecular weight excluding hydrogens is 434 g/mol. The maximum absolute atomic E-state index is 12.5. The lowest BCUT2D eigenvalue weighted by atomic mass is 9.95. The molecule has 1 amide bonds. The van der Waals surface area contributed by atoms with Crippen molar-refractivity contribution in [2.75, 3.05) is 13.7 Å². The first-order valence-electron chi connectivity index (χ1n) is 10.1. The van der Waals surface area contributed by atoms with Crippen LogP contribution >= 0.6 is 11.6 Å². The number of hydrogen-bond acceptors (Lipinski definition) is 5. The molecule has 2 aromatic carbocycles. The molecule has 0 radical (unpaired) electrons. The predicted octanol–water partition coefficient (Wildman–Crippen LogP) is 4.07. The molecule has 3 aromatic rings. The van der Waals surface area contributed by atoms with Crippen molar-refractivity contribution >= 4 is 34.4 Å². The molecule has 1 aromatic heterocycles. The summed E-state index contributed by atoms with van der Waals surface area (Å²) in [5.41, 5.74) is 1.92. The van der Waals surface area contributed by atoms with E-state index in [-0.39, 0.29) is 31.7 Å². The Bertz CT molecular complexity index is 1190. The molecule has 0 bridgehead atoms. The molecule has 2 N–H and O–H groups in total. The summed E-state index contributed by atoms with van der Waals surface area (Å²) in [6.07, 6.45) is 0.166. The summed E-state index contributed by atoms with van der Waals surface area (Å²) in [4.78, 5) is 36.1. The second-order valence-corrected chi connectivity index (χ2v) is 7.94. The lowest BCUT2D eigenvalue weighted by Crippen LogP contribution is -2.30. The monoisotopic (exact) mass is 457 g/mol. The minimum Gasteiger partial charge on any atom is -0.497 e. The number of carboxylic acid groups (broad SMARTS) is 1. The van der Waals surface area contributed by atoms with Gasteiger partial charge in [0.15, 0.2) is 0 Å². The van der Waals surface area contributed by atoms with Crippen molar-refractivity contribution in [3.63, 3.8) is 0 Å². The average molecular weight is 458 g/mol. The van der Waals surface area contributed by atoms with Gasteiger partial charge in [0, 0.05) is 40.9 Å². The van der Waals surface area contributed by atoms with E-state index in [9.17, 15) is 19.5 Å². The number of fused-ring (bicyclic) bond motifs is 1. The molecule has 0 aliphatic carbocycles. The maximum atomic E-state index is 12.5. The molecule has 0 unspecified atom stereocenters. The van der Waals surface area contributed by atoms with Gasteiger partial charge in [0.2, 0.25) is 5.91 Å². The quantitative estimate of drug-likeness (QED) is 0.469. The zero-order chi connectivity index (χ0) is 23.3. The highest BCUT2D eigenvalue weighted by Crippen LogP contribution is 2.25. The Balaban J connectivity index is 1.67. The number of carbonyl (C=O) groups is 2. The van der Waals surface area contributed by atoms with E-state index in [1.807, 2.05) is 13.0 Å². The summed E-state index contributed by atoms with van der Waals surface area (Å²) in [7, 11) is 1.53. The summed E-state index contributed by atoms with van der Waals surface area (Å²) in [5, 5.41) is 13.3. The number of hydrogen-bond donors (Lipinski definition) is 2. The normalized spacial score (nSPS) is 11.8. The van der Waals surface area contributed by atoms with Crippen LogP contribution in [0.15, 0.2) is 51.7 Å². The first kappa shape index (κ1) is 23.3. The van der Waals surface area contributed by atoms with Crippen LogP contribution in [0.4, 0.5) is 0 Å². The zero-order valence-corrected chi connectivity index (χ0v) is 18.6. The molecule has 168 valence electrons. The fourth-order valence-corrected chi connectivity index (χ4v) is 3.73. The van der Waals surface area contributed by atoms with Crippen LogP contribution in [-0.2, 0) is 16.0 Å². The number of benzene rings is 2. The largest absolute Gasteiger partial charge is 0.497 e. The number of nitrogens with one attached hydrogen (secondary N) is 1. The van der Waals surface area contributed by atoms with Gasteiger partial charge >= 0.3 is 11.6 Å². The van der Waals surface area contributed by atoms with Crippen LogP contribution in [0.5, 0.6) is 5.75 Å². The molecule has 0 aliphatic heterocycles. The van der Waals surface area contributed by atoms with Crippen molar-refractivity contribution in [2.45, 2.75) is 32.1 Å². The fourth-order valence-electron chi connectivity index (χ4n) is 3.61. The molecule has 8 heteroatoms. The third-order valence-electron chi connectivity index (χ3n) is 5.40. The van der Waals surface area contributed by atoms with E-state index in [0.717, 1.165) is 16.5 Å². The van der Waals surface area contributed by atoms with Crippen LogP contribution in [0, 0.1) is 6.92 Å². The highest BCUT2D eigenvalue weighted by molar-refractivity contribution is 6.30. The van der Waals surface area contributed by atoms with E-state index in [4.69, 9.17) is 20.8 Å². The highest BCUT2D eigenvalue weighted by Gasteiger charge is 2.18. The second-order valence-electron chi connectivity index (χ2n) is 7.51. The predicted molar refractivity (Wildman–Crippen MR) is 122 cm³/mol. The van der Waals surface area contributed by atoms with Gasteiger partial charge in [-0.15, -0.1) is 0 Å². The van der Waals surface area contributed by atoms with Gasteiger partial charge in [0.05, 0.1) is 13.5 Å². The number of aryl methyl sites for hydroxylation is 1. The smallest absolute Gasteiger partial charge is 0.339 e. The van der Waals surface area contributed by atoms with Crippen LogP contribution in [0.25, 0.3) is 11.0 Å². The minimum absolute atomic E-state index is 0.0771. The third kappa shape index (κ3) is 5.68. The Morgan fingerprint density at radius 2 is 1.91 bits per heavy atom. The lowest BCUT2D eigenvalue weighted by Gasteiger charge is -2.16. The zero-order valence-electron chi connectivity index (χ0n) is 17.8. The molecule has 3 rings (SSSR count). The topological polar surface area (TPSA) is 106 Å². The Hall–Kier alpha value is -3.32. The number of methoxy groups -OCH3 is 1. The van der Waals surface area contributed by atoms with Crippen LogP contribution < -0.4 is 15.7 Å². The van der Waals surface area contributed by atoms with Crippen LogP contribution in [-0.4, -0.2) is 30.6 Å². The van der Waals surface area contributed by atoms with Gasteiger partial charge in [-0.1, -0.05) is 23.7 Å². The van der Waals surface area contributed by atoms with Crippen LogP contribution in [0.3, 0.4) is 0 Å². The third-order valence-corrected chi connectivity index (χ3v) is 5.66. The van der Waals surface area contributed by atoms with Gasteiger partial charge in [-0.3, -0.25) is 9.59 Å². The Morgan fingerprint density at radius 1 is 1.19 bits per heavy atom. The number of carboxylic acids is 1. The van der Waals surface area contributed by atoms with Crippen molar-refractivity contribution in [1.29, 1.82) is 0 Å². The highest BCUT2D eigenvalue weighted by atomic mass is 35.5. The lowest BCUT2D eigenvalue weighted by molar-refractivity contribution is -0.137. The Labute approximate surface area is 190 Å². The maximum Gasteiger partial charge on any atom is 0.339 e. The molecule has 1 heterocycles. The SMILES string of the molecule is COc1ccc2c(C)c(CCC(=O)NC[C@@H](CC(=O)O)c3ccc(Cl)cc3)c(=O)oc2c1. The molecule has 7 nitrogen and oxygen atoms in total. The van der Waals surface area contributed by atoms with Crippen molar-refractivity contribution in [2.24, 2.45) is 0 Å². The second kappa shape index (κ2) is 10.3. The fraction of sp³-hybridized carbons (Fsp3) is 0.292. The van der Waals surface area contributed by atoms with Gasteiger partial charge in [-0.25, -0.2) is 4.79 Å². The summed E-state index contributed by atoms with van der Waals surface area (Å²) < 4.78 is 10.6. The van der Waals surface area contributed by atoms with Crippen LogP contribution in [0.2, 0.25) is 5.02 Å². The van der Waals surface area contributed by atoms with Crippen molar-refractivity contribution in [1.82, 2.24) is 5.32 Å². The summed E-state index contributed by atoms with van der Waals surface area (Å²) >= 11 is 5.90. The molecule has 32 heavy (non-hydrogen) atoms. The number of amides is 1. The Kier molecular flexibility index (Phi) is 7.53. The van der Waals surface area contributed by atoms with E-state index < -0.39 is 17.5 Å². The van der Waals surface area contributed by atoms with Gasteiger partial charge < -0.3 is 19.6 Å². The molecule has 0 fully saturated rings. The van der Waals surface area contributed by atoms with E-state index in [1.165, 1.54) is 7.11 Å². The Morgan fingerprint density at radius 3 is 2.56 bits per heavy atom. The van der Waals surface area contributed by atoms with Crippen LogP contribution in [0.1, 0.15) is 35.4 Å². The van der Waals surface area contributed by atoms with E-state index >= 15 is 0 Å². The molecule has 0 aliphatic rings. The molecule has 0 spiro atoms. The minimum atomic E-state index is -0.958. The first-order valence-corrected chi connectivity index (χ1v) is 10.5. The first-order chi connectivity index (χ1) is 15.3. The van der Waals surface area contributed by atoms with E-state index in [2.05, 4.69) is 5.32 Å². The number of ether oxygens (including phenoxy) is 1. The van der Waals surface area contributed by atoms with Gasteiger partial charge in [0.25, 0.3) is 0 Å². The molecule has 1 atom stereocenters. The standard InChI is InChI=1S/C24H24ClNO6/c1-14-19-8-7-18(31-2)12-21(19)32-24(30)20(14)9-10-22(27)26-13-16(11-23(28)29)15-3-5-17(25)6-4-15/h3-8,12,16H,9-11,13H2,1-2H3,(H,26,27)(H,28,29)/t16-/m1/s1. The summed E-state index contributed by atoms with van der Waals surface area (Å²) in [6.45, 7) is 1.99.